The van der Waals surface area contributed by atoms with Gasteiger partial charge in [0.15, 0.2) is 0 Å². The monoisotopic (exact) mass is 213 g/mol. The second kappa shape index (κ2) is 2.68. The van der Waals surface area contributed by atoms with Crippen LogP contribution in [-0.2, 0) is 4.57 Å². The SMILES string of the molecule is O=P(c1cscn1)(C1CC1)C1CC1. The number of hydrogen-bond acceptors (Lipinski definition) is 3. The van der Waals surface area contributed by atoms with E-state index < -0.39 is 7.14 Å². The first kappa shape index (κ1) is 8.19. The van der Waals surface area contributed by atoms with Crippen molar-refractivity contribution in [1.29, 1.82) is 0 Å². The predicted octanol–water partition coefficient (Wildman–Crippen LogP) is 2.46. The molecular formula is C9H12NOPS. The van der Waals surface area contributed by atoms with Crippen LogP contribution < -0.4 is 5.44 Å². The molecule has 3 rings (SSSR count). The van der Waals surface area contributed by atoms with Gasteiger partial charge in [0.1, 0.15) is 12.6 Å². The highest BCUT2D eigenvalue weighted by atomic mass is 32.1. The van der Waals surface area contributed by atoms with Crippen LogP contribution in [0.5, 0.6) is 0 Å². The van der Waals surface area contributed by atoms with E-state index in [-0.39, 0.29) is 0 Å². The van der Waals surface area contributed by atoms with Gasteiger partial charge in [-0.15, -0.1) is 11.3 Å². The summed E-state index contributed by atoms with van der Waals surface area (Å²) in [6.07, 6.45) is 4.69. The molecule has 1 heterocycles. The van der Waals surface area contributed by atoms with Gasteiger partial charge in [-0.2, -0.15) is 0 Å². The molecule has 70 valence electrons. The minimum Gasteiger partial charge on any atom is -0.316 e. The first-order valence-electron chi connectivity index (χ1n) is 4.80. The summed E-state index contributed by atoms with van der Waals surface area (Å²) in [5.41, 5.74) is 3.75. The molecule has 4 heteroatoms. The first-order chi connectivity index (χ1) is 6.32. The smallest absolute Gasteiger partial charge is 0.139 e. The molecular weight excluding hydrogens is 201 g/mol. The zero-order valence-electron chi connectivity index (χ0n) is 7.35. The van der Waals surface area contributed by atoms with Gasteiger partial charge in [-0.25, -0.2) is 4.98 Å². The summed E-state index contributed by atoms with van der Waals surface area (Å²) in [6.45, 7) is 0. The quantitative estimate of drug-likeness (QED) is 0.722. The lowest BCUT2D eigenvalue weighted by Gasteiger charge is -2.13. The van der Waals surface area contributed by atoms with Crippen molar-refractivity contribution in [2.45, 2.75) is 37.0 Å². The Balaban J connectivity index is 2.03. The summed E-state index contributed by atoms with van der Waals surface area (Å²) in [6, 6.07) is 0. The van der Waals surface area contributed by atoms with Gasteiger partial charge in [0, 0.05) is 16.7 Å². The van der Waals surface area contributed by atoms with Crippen molar-refractivity contribution >= 4 is 23.9 Å². The number of rotatable bonds is 3. The molecule has 0 N–H and O–H groups in total. The van der Waals surface area contributed by atoms with Crippen molar-refractivity contribution < 1.29 is 4.57 Å². The molecule has 1 aromatic rings. The largest absolute Gasteiger partial charge is 0.316 e. The molecule has 0 radical (unpaired) electrons. The maximum Gasteiger partial charge on any atom is 0.139 e. The summed E-state index contributed by atoms with van der Waals surface area (Å²) in [4.78, 5) is 4.27. The van der Waals surface area contributed by atoms with Gasteiger partial charge >= 0.3 is 0 Å². The molecule has 0 amide bonds. The molecule has 13 heavy (non-hydrogen) atoms. The van der Waals surface area contributed by atoms with E-state index in [0.717, 1.165) is 5.44 Å². The Morgan fingerprint density at radius 1 is 1.31 bits per heavy atom. The Kier molecular flexibility index (Phi) is 1.69. The second-order valence-corrected chi connectivity index (χ2v) is 8.07. The molecule has 0 aliphatic heterocycles. The van der Waals surface area contributed by atoms with Crippen LogP contribution in [0.3, 0.4) is 0 Å². The lowest BCUT2D eigenvalue weighted by atomic mass is 10.9. The maximum atomic E-state index is 12.7. The van der Waals surface area contributed by atoms with Gasteiger partial charge in [-0.1, -0.05) is 0 Å². The molecule has 0 saturated heterocycles. The van der Waals surface area contributed by atoms with Gasteiger partial charge in [0.25, 0.3) is 0 Å². The van der Waals surface area contributed by atoms with Crippen LogP contribution in [-0.4, -0.2) is 16.3 Å². The minimum absolute atomic E-state index is 0.502. The van der Waals surface area contributed by atoms with Gasteiger partial charge in [0.05, 0.1) is 5.51 Å². The summed E-state index contributed by atoms with van der Waals surface area (Å²) < 4.78 is 12.7. The van der Waals surface area contributed by atoms with E-state index in [4.69, 9.17) is 0 Å². The fourth-order valence-corrected chi connectivity index (χ4v) is 6.72. The molecule has 0 atom stereocenters. The van der Waals surface area contributed by atoms with Crippen LogP contribution in [0.25, 0.3) is 0 Å². The Morgan fingerprint density at radius 2 is 1.92 bits per heavy atom. The van der Waals surface area contributed by atoms with E-state index in [1.165, 1.54) is 25.7 Å². The van der Waals surface area contributed by atoms with Crippen LogP contribution in [0, 0.1) is 0 Å². The highest BCUT2D eigenvalue weighted by Gasteiger charge is 2.52. The Hall–Kier alpha value is -0.140. The van der Waals surface area contributed by atoms with E-state index in [2.05, 4.69) is 4.98 Å². The summed E-state index contributed by atoms with van der Waals surface area (Å²) in [5, 5.41) is 2.00. The highest BCUT2D eigenvalue weighted by Crippen LogP contribution is 2.69. The molecule has 0 unspecified atom stereocenters. The van der Waals surface area contributed by atoms with Gasteiger partial charge < -0.3 is 4.57 Å². The summed E-state index contributed by atoms with van der Waals surface area (Å²) in [7, 11) is -2.05. The zero-order chi connectivity index (χ0) is 8.89. The van der Waals surface area contributed by atoms with Crippen LogP contribution >= 0.6 is 18.5 Å². The third-order valence-corrected chi connectivity index (χ3v) is 7.88. The number of aromatic nitrogens is 1. The van der Waals surface area contributed by atoms with Crippen molar-refractivity contribution in [1.82, 2.24) is 4.98 Å². The van der Waals surface area contributed by atoms with E-state index in [1.807, 2.05) is 10.9 Å². The van der Waals surface area contributed by atoms with Crippen LogP contribution in [0.2, 0.25) is 0 Å². The molecule has 2 fully saturated rings. The molecule has 2 aliphatic rings. The third-order valence-electron chi connectivity index (χ3n) is 2.96. The van der Waals surface area contributed by atoms with E-state index in [0.29, 0.717) is 11.3 Å². The van der Waals surface area contributed by atoms with Crippen LogP contribution in [0.4, 0.5) is 0 Å². The molecule has 2 saturated carbocycles. The first-order valence-corrected chi connectivity index (χ1v) is 7.59. The normalized spacial score (nSPS) is 23.4. The Morgan fingerprint density at radius 3 is 2.31 bits per heavy atom. The van der Waals surface area contributed by atoms with Crippen molar-refractivity contribution in [2.75, 3.05) is 0 Å². The van der Waals surface area contributed by atoms with Crippen molar-refractivity contribution in [3.05, 3.63) is 10.9 Å². The molecule has 2 aliphatic carbocycles. The number of thiazole rings is 1. The van der Waals surface area contributed by atoms with Crippen LogP contribution in [0.1, 0.15) is 25.7 Å². The fraction of sp³-hybridized carbons (Fsp3) is 0.667. The topological polar surface area (TPSA) is 30.0 Å². The predicted molar refractivity (Wildman–Crippen MR) is 55.4 cm³/mol. The fourth-order valence-electron chi connectivity index (χ4n) is 1.97. The third kappa shape index (κ3) is 1.21. The lowest BCUT2D eigenvalue weighted by Crippen LogP contribution is -2.12. The van der Waals surface area contributed by atoms with E-state index in [1.54, 1.807) is 11.3 Å². The molecule has 2 nitrogen and oxygen atoms in total. The van der Waals surface area contributed by atoms with Gasteiger partial charge in [-0.05, 0) is 25.7 Å². The Labute approximate surface area is 81.8 Å². The highest BCUT2D eigenvalue weighted by molar-refractivity contribution is 7.73. The van der Waals surface area contributed by atoms with Crippen molar-refractivity contribution in [3.63, 3.8) is 0 Å². The van der Waals surface area contributed by atoms with Crippen molar-refractivity contribution in [3.8, 4) is 0 Å². The Bertz CT molecular complexity index is 338. The van der Waals surface area contributed by atoms with Gasteiger partial charge in [-0.3, -0.25) is 0 Å². The zero-order valence-corrected chi connectivity index (χ0v) is 9.06. The standard InChI is InChI=1S/C9H12NOPS/c11-12(7-1-2-7,8-3-4-8)9-5-13-6-10-9/h5-8H,1-4H2. The molecule has 0 spiro atoms. The number of nitrogens with zero attached hydrogens (tertiary/aromatic N) is 1. The van der Waals surface area contributed by atoms with Gasteiger partial charge in [0.2, 0.25) is 0 Å². The average Bonchev–Trinajstić information content (AvgIpc) is 3.01. The minimum atomic E-state index is -2.05. The second-order valence-electron chi connectivity index (χ2n) is 4.02. The average molecular weight is 213 g/mol. The van der Waals surface area contributed by atoms with E-state index >= 15 is 0 Å². The summed E-state index contributed by atoms with van der Waals surface area (Å²) >= 11 is 1.57. The lowest BCUT2D eigenvalue weighted by molar-refractivity contribution is 0.578. The molecule has 0 aromatic carbocycles. The maximum absolute atomic E-state index is 12.7. The number of hydrogen-bond donors (Lipinski definition) is 0. The summed E-state index contributed by atoms with van der Waals surface area (Å²) in [5.74, 6) is 0. The van der Waals surface area contributed by atoms with Crippen molar-refractivity contribution in [2.24, 2.45) is 0 Å². The molecule has 0 bridgehead atoms. The molecule has 1 aromatic heterocycles. The van der Waals surface area contributed by atoms with E-state index in [9.17, 15) is 4.57 Å². The van der Waals surface area contributed by atoms with Crippen LogP contribution in [0.15, 0.2) is 10.9 Å².